The molecule has 4 nitrogen and oxygen atoms in total. The van der Waals surface area contributed by atoms with Gasteiger partial charge in [0.2, 0.25) is 0 Å². The number of rotatable bonds is 3. The lowest BCUT2D eigenvalue weighted by molar-refractivity contribution is 0.0918. The van der Waals surface area contributed by atoms with Crippen LogP contribution in [0.25, 0.3) is 10.8 Å². The first-order valence-corrected chi connectivity index (χ1v) is 9.95. The average Bonchev–Trinajstić information content (AvgIpc) is 2.67. The molecule has 1 N–H and O–H groups in total. The molecule has 2 aromatic carbocycles. The Balaban J connectivity index is 1.73. The molecule has 1 aliphatic rings. The molecular weight excluding hydrogens is 404 g/mol. The molecule has 0 fully saturated rings. The van der Waals surface area contributed by atoms with Crippen molar-refractivity contribution in [3.8, 4) is 5.75 Å². The van der Waals surface area contributed by atoms with E-state index in [9.17, 15) is 4.79 Å². The number of carbonyl (C=O) groups excluding carboxylic acids is 1. The quantitative estimate of drug-likeness (QED) is 0.614. The molecule has 0 radical (unpaired) electrons. The van der Waals surface area contributed by atoms with E-state index in [-0.39, 0.29) is 17.9 Å². The van der Waals surface area contributed by atoms with E-state index in [0.717, 1.165) is 38.5 Å². The second-order valence-corrected chi connectivity index (χ2v) is 7.93. The lowest BCUT2D eigenvalue weighted by atomic mass is 9.94. The zero-order valence-electron chi connectivity index (χ0n) is 15.3. The van der Waals surface area contributed by atoms with Crippen molar-refractivity contribution in [2.45, 2.75) is 32.2 Å². The zero-order chi connectivity index (χ0) is 19.0. The van der Waals surface area contributed by atoms with E-state index >= 15 is 0 Å². The predicted octanol–water partition coefficient (Wildman–Crippen LogP) is 5.37. The van der Waals surface area contributed by atoms with Crippen LogP contribution in [0.1, 0.15) is 53.8 Å². The molecule has 1 aromatic heterocycles. The third kappa shape index (κ3) is 3.32. The summed E-state index contributed by atoms with van der Waals surface area (Å²) >= 11 is 3.58. The maximum atomic E-state index is 13.2. The number of benzene rings is 2. The van der Waals surface area contributed by atoms with Gasteiger partial charge < -0.3 is 10.1 Å². The molecule has 0 bridgehead atoms. The smallest absolute Gasteiger partial charge is 0.270 e. The van der Waals surface area contributed by atoms with Gasteiger partial charge in [0.1, 0.15) is 11.4 Å². The van der Waals surface area contributed by atoms with Gasteiger partial charge in [0.25, 0.3) is 5.91 Å². The Hall–Kier alpha value is -2.40. The van der Waals surface area contributed by atoms with Crippen LogP contribution in [0.15, 0.2) is 53.1 Å². The summed E-state index contributed by atoms with van der Waals surface area (Å²) in [5.74, 6) is 0.883. The minimum Gasteiger partial charge on any atom is -0.493 e. The highest BCUT2D eigenvalue weighted by Crippen LogP contribution is 2.34. The number of hydrogen-bond donors (Lipinski definition) is 1. The molecule has 1 atom stereocenters. The van der Waals surface area contributed by atoms with Crippen molar-refractivity contribution < 1.29 is 9.53 Å². The lowest BCUT2D eigenvalue weighted by Crippen LogP contribution is -2.33. The molecule has 1 aliphatic heterocycles. The number of hydrogen-bond acceptors (Lipinski definition) is 3. The Bertz CT molecular complexity index is 1020. The monoisotopic (exact) mass is 424 g/mol. The van der Waals surface area contributed by atoms with Gasteiger partial charge in [-0.2, -0.15) is 0 Å². The molecule has 1 amide bonds. The summed E-state index contributed by atoms with van der Waals surface area (Å²) in [7, 11) is 0. The lowest BCUT2D eigenvalue weighted by Gasteiger charge is -2.27. The summed E-state index contributed by atoms with van der Waals surface area (Å²) in [6, 6.07) is 13.8. The predicted molar refractivity (Wildman–Crippen MR) is 110 cm³/mol. The molecule has 0 spiro atoms. The van der Waals surface area contributed by atoms with E-state index in [2.05, 4.69) is 46.1 Å². The van der Waals surface area contributed by atoms with Crippen LogP contribution in [-0.2, 0) is 0 Å². The van der Waals surface area contributed by atoms with E-state index in [4.69, 9.17) is 4.74 Å². The third-order valence-electron chi connectivity index (χ3n) is 4.98. The molecule has 0 saturated heterocycles. The van der Waals surface area contributed by atoms with E-state index in [1.807, 2.05) is 36.4 Å². The molecule has 3 aromatic rings. The molecule has 0 aliphatic carbocycles. The first kappa shape index (κ1) is 18.0. The van der Waals surface area contributed by atoms with E-state index < -0.39 is 0 Å². The first-order chi connectivity index (χ1) is 13.1. The number of fused-ring (bicyclic) bond motifs is 2. The van der Waals surface area contributed by atoms with Gasteiger partial charge in [-0.3, -0.25) is 9.78 Å². The van der Waals surface area contributed by atoms with Crippen LogP contribution < -0.4 is 10.1 Å². The number of para-hydroxylation sites is 1. The molecular formula is C22H21BrN2O2. The summed E-state index contributed by atoms with van der Waals surface area (Å²) in [5.41, 5.74) is 2.50. The first-order valence-electron chi connectivity index (χ1n) is 9.16. The van der Waals surface area contributed by atoms with Crippen molar-refractivity contribution in [2.24, 2.45) is 0 Å². The Labute approximate surface area is 167 Å². The van der Waals surface area contributed by atoms with Crippen LogP contribution in [0.2, 0.25) is 0 Å². The Kier molecular flexibility index (Phi) is 4.87. The van der Waals surface area contributed by atoms with Crippen molar-refractivity contribution in [3.05, 3.63) is 70.0 Å². The number of carbonyl (C=O) groups is 1. The molecule has 2 heterocycles. The van der Waals surface area contributed by atoms with Gasteiger partial charge in [0.15, 0.2) is 0 Å². The van der Waals surface area contributed by atoms with Crippen LogP contribution in [0.3, 0.4) is 0 Å². The van der Waals surface area contributed by atoms with E-state index in [1.165, 1.54) is 0 Å². The van der Waals surface area contributed by atoms with Crippen molar-refractivity contribution in [3.63, 3.8) is 0 Å². The molecule has 4 rings (SSSR count). The van der Waals surface area contributed by atoms with Gasteiger partial charge in [0.05, 0.1) is 12.6 Å². The minimum atomic E-state index is -0.137. The fourth-order valence-electron chi connectivity index (χ4n) is 3.71. The Morgan fingerprint density at radius 2 is 2.00 bits per heavy atom. The fraction of sp³-hybridized carbons (Fsp3) is 0.273. The van der Waals surface area contributed by atoms with Crippen molar-refractivity contribution >= 4 is 32.6 Å². The molecule has 0 saturated carbocycles. The zero-order valence-corrected chi connectivity index (χ0v) is 16.9. The average molecular weight is 425 g/mol. The number of halogens is 1. The third-order valence-corrected chi connectivity index (χ3v) is 5.67. The van der Waals surface area contributed by atoms with Crippen molar-refractivity contribution in [1.29, 1.82) is 0 Å². The number of ether oxygens (including phenoxy) is 1. The fourth-order valence-corrected chi connectivity index (χ4v) is 4.18. The van der Waals surface area contributed by atoms with Gasteiger partial charge in [0, 0.05) is 28.0 Å². The summed E-state index contributed by atoms with van der Waals surface area (Å²) in [6.07, 6.45) is 2.52. The molecule has 0 unspecified atom stereocenters. The number of nitrogens with zero attached hydrogens (tertiary/aromatic N) is 1. The van der Waals surface area contributed by atoms with Gasteiger partial charge in [-0.05, 0) is 29.0 Å². The summed E-state index contributed by atoms with van der Waals surface area (Å²) < 4.78 is 6.69. The van der Waals surface area contributed by atoms with Crippen LogP contribution in [0, 0.1) is 0 Å². The van der Waals surface area contributed by atoms with Crippen LogP contribution >= 0.6 is 15.9 Å². The second-order valence-electron chi connectivity index (χ2n) is 7.08. The second kappa shape index (κ2) is 7.31. The van der Waals surface area contributed by atoms with Gasteiger partial charge in [-0.1, -0.05) is 60.1 Å². The number of aromatic nitrogens is 1. The van der Waals surface area contributed by atoms with E-state index in [1.54, 1.807) is 6.20 Å². The maximum Gasteiger partial charge on any atom is 0.270 e. The molecule has 5 heteroatoms. The number of amides is 1. The van der Waals surface area contributed by atoms with Crippen molar-refractivity contribution in [2.75, 3.05) is 6.61 Å². The standard InChI is InChI=1S/C22H21BrN2O2/c1-13(2)20-14-7-5-8-17(23)16(14)12-24-21(20)22(26)25-18-10-11-27-19-9-4-3-6-15(18)19/h3-9,12-13,18H,10-11H2,1-2H3,(H,25,26)/t18-/m0/s1. The maximum absolute atomic E-state index is 13.2. The van der Waals surface area contributed by atoms with Gasteiger partial charge >= 0.3 is 0 Å². The SMILES string of the molecule is CC(C)c1c(C(=O)N[C@H]2CCOc3ccccc32)ncc2c(Br)cccc12. The van der Waals surface area contributed by atoms with Crippen LogP contribution in [0.5, 0.6) is 5.75 Å². The van der Waals surface area contributed by atoms with Crippen LogP contribution in [0.4, 0.5) is 0 Å². The summed E-state index contributed by atoms with van der Waals surface area (Å²) in [4.78, 5) is 17.7. The van der Waals surface area contributed by atoms with Crippen LogP contribution in [-0.4, -0.2) is 17.5 Å². The largest absolute Gasteiger partial charge is 0.493 e. The number of nitrogens with one attached hydrogen (secondary N) is 1. The molecule has 27 heavy (non-hydrogen) atoms. The Morgan fingerprint density at radius 3 is 2.81 bits per heavy atom. The van der Waals surface area contributed by atoms with Crippen molar-refractivity contribution in [1.82, 2.24) is 10.3 Å². The normalized spacial score (nSPS) is 16.1. The topological polar surface area (TPSA) is 51.2 Å². The highest BCUT2D eigenvalue weighted by molar-refractivity contribution is 9.10. The number of pyridine rings is 1. The highest BCUT2D eigenvalue weighted by atomic mass is 79.9. The van der Waals surface area contributed by atoms with Gasteiger partial charge in [-0.15, -0.1) is 0 Å². The summed E-state index contributed by atoms with van der Waals surface area (Å²) in [5, 5.41) is 5.26. The Morgan fingerprint density at radius 1 is 1.19 bits per heavy atom. The summed E-state index contributed by atoms with van der Waals surface area (Å²) in [6.45, 7) is 4.78. The van der Waals surface area contributed by atoms with E-state index in [0.29, 0.717) is 12.3 Å². The molecule has 138 valence electrons. The highest BCUT2D eigenvalue weighted by Gasteiger charge is 2.26. The van der Waals surface area contributed by atoms with Gasteiger partial charge in [-0.25, -0.2) is 0 Å². The minimum absolute atomic E-state index is 0.0672.